The van der Waals surface area contributed by atoms with Gasteiger partial charge < -0.3 is 0 Å². The fourth-order valence-corrected chi connectivity index (χ4v) is 2.65. The second-order valence-corrected chi connectivity index (χ2v) is 4.49. The zero-order valence-electron chi connectivity index (χ0n) is 6.38. The minimum absolute atomic E-state index is 0.451. The number of hydrogen-bond acceptors (Lipinski definition) is 2. The highest BCUT2D eigenvalue weighted by Crippen LogP contribution is 2.35. The molecule has 0 aliphatic carbocycles. The van der Waals surface area contributed by atoms with E-state index >= 15 is 0 Å². The van der Waals surface area contributed by atoms with Gasteiger partial charge in [-0.3, -0.25) is 4.79 Å². The van der Waals surface area contributed by atoms with Crippen LogP contribution >= 0.6 is 34.5 Å². The van der Waals surface area contributed by atoms with Crippen molar-refractivity contribution in [1.82, 2.24) is 0 Å². The topological polar surface area (TPSA) is 17.1 Å². The fourth-order valence-electron chi connectivity index (χ4n) is 1.20. The Kier molecular flexibility index (Phi) is 2.28. The molecule has 0 spiro atoms. The summed E-state index contributed by atoms with van der Waals surface area (Å²) in [5, 5.41) is 1.27. The van der Waals surface area contributed by atoms with E-state index in [1.807, 2.05) is 24.3 Å². The van der Waals surface area contributed by atoms with Crippen LogP contribution in [0.4, 0.5) is 0 Å². The van der Waals surface area contributed by atoms with Crippen LogP contribution in [-0.4, -0.2) is 5.24 Å². The molecule has 0 aliphatic rings. The summed E-state index contributed by atoms with van der Waals surface area (Å²) in [6.07, 6.45) is 0. The number of hydrogen-bond donors (Lipinski definition) is 0. The lowest BCUT2D eigenvalue weighted by Gasteiger charge is -1.89. The molecule has 0 N–H and O–H groups in total. The van der Waals surface area contributed by atoms with Gasteiger partial charge in [0.1, 0.15) is 4.34 Å². The van der Waals surface area contributed by atoms with E-state index in [-0.39, 0.29) is 0 Å². The summed E-state index contributed by atoms with van der Waals surface area (Å²) < 4.78 is 0.611. The number of fused-ring (bicyclic) bond motifs is 1. The van der Waals surface area contributed by atoms with Crippen molar-refractivity contribution in [2.24, 2.45) is 0 Å². The number of benzene rings is 1. The highest BCUT2D eigenvalue weighted by molar-refractivity contribution is 7.21. The molecule has 0 unspecified atom stereocenters. The fraction of sp³-hybridized carbons (Fsp3) is 0. The van der Waals surface area contributed by atoms with Crippen LogP contribution in [0, 0.1) is 0 Å². The summed E-state index contributed by atoms with van der Waals surface area (Å²) in [5.74, 6) is 0. The zero-order chi connectivity index (χ0) is 9.42. The van der Waals surface area contributed by atoms with E-state index in [1.165, 1.54) is 11.3 Å². The van der Waals surface area contributed by atoms with Crippen molar-refractivity contribution in [1.29, 1.82) is 0 Å². The third-order valence-corrected chi connectivity index (χ3v) is 3.50. The smallest absolute Gasteiger partial charge is 0.263 e. The van der Waals surface area contributed by atoms with Crippen LogP contribution in [0.25, 0.3) is 10.8 Å². The predicted molar refractivity (Wildman–Crippen MR) is 57.0 cm³/mol. The molecule has 1 nitrogen and oxygen atoms in total. The summed E-state index contributed by atoms with van der Waals surface area (Å²) in [6, 6.07) is 7.45. The highest BCUT2D eigenvalue weighted by Gasteiger charge is 2.13. The monoisotopic (exact) mass is 230 g/mol. The van der Waals surface area contributed by atoms with Crippen LogP contribution in [0.3, 0.4) is 0 Å². The van der Waals surface area contributed by atoms with Crippen LogP contribution in [0.5, 0.6) is 0 Å². The Morgan fingerprint density at radius 3 is 2.46 bits per heavy atom. The molecule has 0 bridgehead atoms. The van der Waals surface area contributed by atoms with E-state index in [0.29, 0.717) is 9.21 Å². The number of rotatable bonds is 1. The summed E-state index contributed by atoms with van der Waals surface area (Å²) in [7, 11) is 0. The molecular weight excluding hydrogens is 227 g/mol. The molecule has 0 saturated heterocycles. The summed E-state index contributed by atoms with van der Waals surface area (Å²) in [4.78, 5) is 11.5. The van der Waals surface area contributed by atoms with E-state index in [2.05, 4.69) is 0 Å². The highest BCUT2D eigenvalue weighted by atomic mass is 35.5. The van der Waals surface area contributed by atoms with Gasteiger partial charge in [0, 0.05) is 10.8 Å². The second-order valence-electron chi connectivity index (χ2n) is 2.52. The van der Waals surface area contributed by atoms with Gasteiger partial charge in [-0.25, -0.2) is 0 Å². The molecule has 2 aromatic rings. The number of carbonyl (C=O) groups excluding carboxylic acids is 1. The SMILES string of the molecule is O=C(Cl)c1sc(Cl)c2ccccc12. The lowest BCUT2D eigenvalue weighted by atomic mass is 10.2. The first-order valence-corrected chi connectivity index (χ1v) is 5.14. The number of carbonyl (C=O) groups is 1. The lowest BCUT2D eigenvalue weighted by Crippen LogP contribution is -1.81. The first kappa shape index (κ1) is 9.00. The van der Waals surface area contributed by atoms with Crippen LogP contribution in [0.15, 0.2) is 24.3 Å². The molecule has 1 heterocycles. The van der Waals surface area contributed by atoms with E-state index in [4.69, 9.17) is 23.2 Å². The van der Waals surface area contributed by atoms with Gasteiger partial charge in [-0.15, -0.1) is 11.3 Å². The van der Waals surface area contributed by atoms with E-state index in [0.717, 1.165) is 10.8 Å². The normalized spacial score (nSPS) is 10.6. The van der Waals surface area contributed by atoms with Crippen molar-refractivity contribution in [3.63, 3.8) is 0 Å². The average Bonchev–Trinajstić information content (AvgIpc) is 2.45. The van der Waals surface area contributed by atoms with Crippen LogP contribution < -0.4 is 0 Å². The van der Waals surface area contributed by atoms with Gasteiger partial charge >= 0.3 is 0 Å². The van der Waals surface area contributed by atoms with Crippen molar-refractivity contribution < 1.29 is 4.79 Å². The standard InChI is InChI=1S/C9H4Cl2OS/c10-8(12)7-5-3-1-2-4-6(5)9(11)13-7/h1-4H. The molecule has 2 rings (SSSR count). The first-order chi connectivity index (χ1) is 6.20. The van der Waals surface area contributed by atoms with Crippen molar-refractivity contribution in [2.75, 3.05) is 0 Å². The lowest BCUT2D eigenvalue weighted by molar-refractivity contribution is 0.108. The van der Waals surface area contributed by atoms with Crippen molar-refractivity contribution >= 4 is 50.6 Å². The molecule has 66 valence electrons. The quantitative estimate of drug-likeness (QED) is 0.679. The van der Waals surface area contributed by atoms with Crippen LogP contribution in [0.1, 0.15) is 9.67 Å². The minimum atomic E-state index is -0.451. The molecular formula is C9H4Cl2OS. The van der Waals surface area contributed by atoms with Crippen molar-refractivity contribution in [3.05, 3.63) is 33.5 Å². The maximum Gasteiger partial charge on any atom is 0.263 e. The number of thiophene rings is 1. The van der Waals surface area contributed by atoms with E-state index in [9.17, 15) is 4.79 Å². The van der Waals surface area contributed by atoms with Gasteiger partial charge in [-0.05, 0) is 11.6 Å². The van der Waals surface area contributed by atoms with E-state index < -0.39 is 5.24 Å². The van der Waals surface area contributed by atoms with Crippen molar-refractivity contribution in [3.8, 4) is 0 Å². The van der Waals surface area contributed by atoms with Gasteiger partial charge in [0.15, 0.2) is 0 Å². The molecule has 0 radical (unpaired) electrons. The Morgan fingerprint density at radius 1 is 1.23 bits per heavy atom. The third-order valence-electron chi connectivity index (χ3n) is 1.75. The first-order valence-electron chi connectivity index (χ1n) is 3.57. The van der Waals surface area contributed by atoms with Gasteiger partial charge in [-0.2, -0.15) is 0 Å². The predicted octanol–water partition coefficient (Wildman–Crippen LogP) is 3.93. The second kappa shape index (κ2) is 3.29. The van der Waals surface area contributed by atoms with Crippen LogP contribution in [-0.2, 0) is 0 Å². The Balaban J connectivity index is 2.85. The van der Waals surface area contributed by atoms with E-state index in [1.54, 1.807) is 0 Å². The molecule has 1 aromatic heterocycles. The number of halogens is 2. The molecule has 0 atom stereocenters. The third kappa shape index (κ3) is 1.46. The molecule has 13 heavy (non-hydrogen) atoms. The summed E-state index contributed by atoms with van der Waals surface area (Å²) in [5.41, 5.74) is 0. The molecule has 0 aliphatic heterocycles. The van der Waals surface area contributed by atoms with Gasteiger partial charge in [0.2, 0.25) is 0 Å². The Hall–Kier alpha value is -0.570. The molecule has 0 fully saturated rings. The average molecular weight is 231 g/mol. The van der Waals surface area contributed by atoms with Crippen molar-refractivity contribution in [2.45, 2.75) is 0 Å². The summed E-state index contributed by atoms with van der Waals surface area (Å²) >= 11 is 12.6. The molecule has 4 heteroatoms. The Bertz CT molecular complexity index is 475. The van der Waals surface area contributed by atoms with Gasteiger partial charge in [0.05, 0.1) is 4.88 Å². The molecule has 0 amide bonds. The van der Waals surface area contributed by atoms with Crippen LogP contribution in [0.2, 0.25) is 4.34 Å². The Morgan fingerprint density at radius 2 is 1.85 bits per heavy atom. The van der Waals surface area contributed by atoms with Gasteiger partial charge in [-0.1, -0.05) is 35.9 Å². The minimum Gasteiger partial charge on any atom is -0.275 e. The maximum atomic E-state index is 11.0. The maximum absolute atomic E-state index is 11.0. The Labute approximate surface area is 88.9 Å². The summed E-state index contributed by atoms with van der Waals surface area (Å²) in [6.45, 7) is 0. The van der Waals surface area contributed by atoms with Gasteiger partial charge in [0.25, 0.3) is 5.24 Å². The largest absolute Gasteiger partial charge is 0.275 e. The zero-order valence-corrected chi connectivity index (χ0v) is 8.71. The molecule has 0 saturated carbocycles. The molecule has 1 aromatic carbocycles.